The normalized spacial score (nSPS) is 10.7. The van der Waals surface area contributed by atoms with E-state index in [0.717, 1.165) is 25.2 Å². The van der Waals surface area contributed by atoms with Crippen molar-refractivity contribution in [3.8, 4) is 5.75 Å². The van der Waals surface area contributed by atoms with Gasteiger partial charge in [-0.3, -0.25) is 0 Å². The topological polar surface area (TPSA) is 70.5 Å². The molecule has 6 nitrogen and oxygen atoms in total. The Morgan fingerprint density at radius 2 is 2.00 bits per heavy atom. The van der Waals surface area contributed by atoms with Gasteiger partial charge in [0.25, 0.3) is 0 Å². The summed E-state index contributed by atoms with van der Waals surface area (Å²) in [5.41, 5.74) is 0. The van der Waals surface area contributed by atoms with Gasteiger partial charge in [0, 0.05) is 19.1 Å². The van der Waals surface area contributed by atoms with Gasteiger partial charge in [0.15, 0.2) is 11.6 Å². The van der Waals surface area contributed by atoms with Gasteiger partial charge >= 0.3 is 0 Å². The molecule has 0 unspecified atom stereocenters. The van der Waals surface area contributed by atoms with Crippen LogP contribution in [0, 0.1) is 0 Å². The highest BCUT2D eigenvalue weighted by Gasteiger charge is 2.22. The quantitative estimate of drug-likeness (QED) is 0.721. The van der Waals surface area contributed by atoms with Gasteiger partial charge in [-0.05, 0) is 19.8 Å². The molecule has 1 aromatic rings. The zero-order valence-corrected chi connectivity index (χ0v) is 12.9. The van der Waals surface area contributed by atoms with Crippen molar-refractivity contribution in [3.05, 3.63) is 6.33 Å². The monoisotopic (exact) mass is 282 g/mol. The van der Waals surface area contributed by atoms with E-state index in [1.807, 2.05) is 6.92 Å². The lowest BCUT2D eigenvalue weighted by Crippen LogP contribution is -2.37. The van der Waals surface area contributed by atoms with Crippen molar-refractivity contribution in [2.45, 2.75) is 39.7 Å². The van der Waals surface area contributed by atoms with E-state index < -0.39 is 0 Å². The molecule has 2 N–H and O–H groups in total. The Kier molecular flexibility index (Phi) is 7.08. The molecule has 0 aliphatic carbocycles. The van der Waals surface area contributed by atoms with Gasteiger partial charge in [-0.1, -0.05) is 13.8 Å². The van der Waals surface area contributed by atoms with Crippen LogP contribution in [0.1, 0.15) is 33.6 Å². The Balaban J connectivity index is 3.20. The number of aromatic nitrogens is 2. The van der Waals surface area contributed by atoms with Gasteiger partial charge in [-0.15, -0.1) is 0 Å². The van der Waals surface area contributed by atoms with E-state index in [1.54, 1.807) is 7.11 Å². The Morgan fingerprint density at radius 3 is 2.50 bits per heavy atom. The lowest BCUT2D eigenvalue weighted by atomic mass is 10.1. The van der Waals surface area contributed by atoms with Crippen LogP contribution in [0.2, 0.25) is 0 Å². The molecule has 1 aromatic heterocycles. The molecule has 1 rings (SSSR count). The van der Waals surface area contributed by atoms with Gasteiger partial charge in [0.2, 0.25) is 5.75 Å². The standard InChI is InChI=1S/C14H26N4O2/c1-5-11(6-2)18(8-9-19)14-12(20-4)13(15-7-3)16-10-17-14/h10-11,19H,5-9H2,1-4H3,(H,15,16,17). The number of nitrogens with zero attached hydrogens (tertiary/aromatic N) is 3. The summed E-state index contributed by atoms with van der Waals surface area (Å²) in [6.07, 6.45) is 3.50. The maximum Gasteiger partial charge on any atom is 0.204 e. The fraction of sp³-hybridized carbons (Fsp3) is 0.714. The van der Waals surface area contributed by atoms with Gasteiger partial charge in [-0.2, -0.15) is 0 Å². The van der Waals surface area contributed by atoms with E-state index in [1.165, 1.54) is 6.33 Å². The summed E-state index contributed by atoms with van der Waals surface area (Å²) in [5.74, 6) is 2.06. The predicted molar refractivity (Wildman–Crippen MR) is 81.5 cm³/mol. The van der Waals surface area contributed by atoms with Crippen molar-refractivity contribution in [3.63, 3.8) is 0 Å². The van der Waals surface area contributed by atoms with E-state index >= 15 is 0 Å². The SMILES string of the molecule is CCNc1ncnc(N(CCO)C(CC)CC)c1OC. The molecule has 0 bridgehead atoms. The largest absolute Gasteiger partial charge is 0.490 e. The van der Waals surface area contributed by atoms with Gasteiger partial charge < -0.3 is 20.1 Å². The maximum absolute atomic E-state index is 9.33. The van der Waals surface area contributed by atoms with Crippen LogP contribution in [0.4, 0.5) is 11.6 Å². The Hall–Kier alpha value is -1.56. The highest BCUT2D eigenvalue weighted by molar-refractivity contribution is 5.65. The first-order valence-corrected chi connectivity index (χ1v) is 7.23. The number of hydrogen-bond donors (Lipinski definition) is 2. The smallest absolute Gasteiger partial charge is 0.204 e. The average molecular weight is 282 g/mol. The summed E-state index contributed by atoms with van der Waals surface area (Å²) in [6, 6.07) is 0.320. The summed E-state index contributed by atoms with van der Waals surface area (Å²) in [7, 11) is 1.62. The van der Waals surface area contributed by atoms with Crippen LogP contribution < -0.4 is 15.0 Å². The summed E-state index contributed by atoms with van der Waals surface area (Å²) in [4.78, 5) is 10.7. The molecule has 0 aliphatic rings. The first-order valence-electron chi connectivity index (χ1n) is 7.23. The van der Waals surface area contributed by atoms with E-state index in [4.69, 9.17) is 4.74 Å². The molecule has 0 saturated carbocycles. The Labute approximate surface area is 121 Å². The first-order chi connectivity index (χ1) is 9.73. The molecule has 0 saturated heterocycles. The second-order valence-electron chi connectivity index (χ2n) is 4.50. The van der Waals surface area contributed by atoms with E-state index in [9.17, 15) is 5.11 Å². The number of hydrogen-bond acceptors (Lipinski definition) is 6. The van der Waals surface area contributed by atoms with Crippen LogP contribution in [0.5, 0.6) is 5.75 Å². The molecule has 1 heterocycles. The highest BCUT2D eigenvalue weighted by atomic mass is 16.5. The fourth-order valence-corrected chi connectivity index (χ4v) is 2.35. The van der Waals surface area contributed by atoms with Crippen molar-refractivity contribution < 1.29 is 9.84 Å². The molecule has 114 valence electrons. The molecule has 0 aliphatic heterocycles. The van der Waals surface area contributed by atoms with Crippen molar-refractivity contribution in [2.24, 2.45) is 0 Å². The molecule has 0 spiro atoms. The van der Waals surface area contributed by atoms with E-state index in [2.05, 4.69) is 34.0 Å². The molecule has 20 heavy (non-hydrogen) atoms. The van der Waals surface area contributed by atoms with Crippen LogP contribution in [-0.4, -0.2) is 47.9 Å². The zero-order valence-electron chi connectivity index (χ0n) is 12.9. The van der Waals surface area contributed by atoms with E-state index in [0.29, 0.717) is 24.2 Å². The van der Waals surface area contributed by atoms with Crippen LogP contribution in [0.25, 0.3) is 0 Å². The minimum atomic E-state index is 0.0835. The number of rotatable bonds is 9. The number of nitrogens with one attached hydrogen (secondary N) is 1. The average Bonchev–Trinajstić information content (AvgIpc) is 2.47. The van der Waals surface area contributed by atoms with Gasteiger partial charge in [0.05, 0.1) is 13.7 Å². The predicted octanol–water partition coefficient (Wildman–Crippen LogP) is 1.90. The second-order valence-corrected chi connectivity index (χ2v) is 4.50. The number of aliphatic hydroxyl groups excluding tert-OH is 1. The fourth-order valence-electron chi connectivity index (χ4n) is 2.35. The van der Waals surface area contributed by atoms with Crippen molar-refractivity contribution in [2.75, 3.05) is 37.0 Å². The van der Waals surface area contributed by atoms with Gasteiger partial charge in [0.1, 0.15) is 6.33 Å². The molecule has 0 atom stereocenters. The zero-order chi connectivity index (χ0) is 15.0. The minimum Gasteiger partial charge on any atom is -0.490 e. The molecule has 0 amide bonds. The summed E-state index contributed by atoms with van der Waals surface area (Å²) >= 11 is 0. The molecular weight excluding hydrogens is 256 g/mol. The number of aliphatic hydroxyl groups is 1. The second kappa shape index (κ2) is 8.58. The van der Waals surface area contributed by atoms with Crippen LogP contribution >= 0.6 is 0 Å². The van der Waals surface area contributed by atoms with Crippen molar-refractivity contribution in [1.29, 1.82) is 0 Å². The number of anilines is 2. The highest BCUT2D eigenvalue weighted by Crippen LogP contribution is 2.33. The third-order valence-corrected chi connectivity index (χ3v) is 3.33. The molecule has 0 radical (unpaired) electrons. The lowest BCUT2D eigenvalue weighted by molar-refractivity contribution is 0.294. The van der Waals surface area contributed by atoms with Crippen LogP contribution in [0.3, 0.4) is 0 Å². The van der Waals surface area contributed by atoms with Crippen molar-refractivity contribution in [1.82, 2.24) is 9.97 Å². The first kappa shape index (κ1) is 16.5. The summed E-state index contributed by atoms with van der Waals surface area (Å²) in [5, 5.41) is 12.5. The summed E-state index contributed by atoms with van der Waals surface area (Å²) < 4.78 is 5.48. The molecule has 0 aromatic carbocycles. The summed E-state index contributed by atoms with van der Waals surface area (Å²) in [6.45, 7) is 7.66. The Bertz CT molecular complexity index is 397. The number of ether oxygens (including phenoxy) is 1. The molecular formula is C14H26N4O2. The van der Waals surface area contributed by atoms with E-state index in [-0.39, 0.29) is 6.61 Å². The van der Waals surface area contributed by atoms with Crippen LogP contribution in [-0.2, 0) is 0 Å². The number of methoxy groups -OCH3 is 1. The third kappa shape index (κ3) is 3.72. The lowest BCUT2D eigenvalue weighted by Gasteiger charge is -2.32. The minimum absolute atomic E-state index is 0.0835. The van der Waals surface area contributed by atoms with Crippen molar-refractivity contribution >= 4 is 11.6 Å². The molecule has 0 fully saturated rings. The van der Waals surface area contributed by atoms with Crippen LogP contribution in [0.15, 0.2) is 6.33 Å². The third-order valence-electron chi connectivity index (χ3n) is 3.33. The molecule has 6 heteroatoms. The van der Waals surface area contributed by atoms with Gasteiger partial charge in [-0.25, -0.2) is 9.97 Å². The maximum atomic E-state index is 9.33. The Morgan fingerprint density at radius 1 is 1.30 bits per heavy atom.